The van der Waals surface area contributed by atoms with Gasteiger partial charge in [0.1, 0.15) is 0 Å². The second-order valence-electron chi connectivity index (χ2n) is 3.41. The van der Waals surface area contributed by atoms with Crippen molar-refractivity contribution >= 4 is 0 Å². The zero-order valence-corrected chi connectivity index (χ0v) is 14.0. The summed E-state index contributed by atoms with van der Waals surface area (Å²) in [5, 5.41) is 0. The van der Waals surface area contributed by atoms with Crippen LogP contribution in [0, 0.1) is 27.7 Å². The monoisotopic (exact) mass is 283 g/mol. The molecule has 0 aliphatic heterocycles. The van der Waals surface area contributed by atoms with Gasteiger partial charge in [0.2, 0.25) is 0 Å². The molecule has 1 radical (unpaired) electrons. The predicted octanol–water partition coefficient (Wildman–Crippen LogP) is 6.48. The Balaban J connectivity index is -0.0000000369. The van der Waals surface area contributed by atoms with Crippen molar-refractivity contribution in [3.05, 3.63) is 27.7 Å². The molecule has 17 heavy (non-hydrogen) atoms. The molecule has 0 atom stereocenters. The summed E-state index contributed by atoms with van der Waals surface area (Å²) in [5.74, 6) is 0. The maximum atomic E-state index is 3.60. The smallest absolute Gasteiger partial charge is 0 e. The van der Waals surface area contributed by atoms with Crippen molar-refractivity contribution in [2.24, 2.45) is 0 Å². The Hall–Kier alpha value is 0.519. The minimum absolute atomic E-state index is 0. The van der Waals surface area contributed by atoms with E-state index in [0.29, 0.717) is 0 Å². The van der Waals surface area contributed by atoms with Crippen molar-refractivity contribution < 1.29 is 17.1 Å². The molecule has 0 unspecified atom stereocenters. The molecule has 0 aliphatic rings. The van der Waals surface area contributed by atoms with Gasteiger partial charge in [-0.05, 0) is 0 Å². The van der Waals surface area contributed by atoms with Gasteiger partial charge in [-0.15, -0.1) is 0 Å². The Labute approximate surface area is 124 Å². The zero-order valence-electron chi connectivity index (χ0n) is 12.9. The fourth-order valence-electron chi connectivity index (χ4n) is 0. The molecule has 0 aromatic rings. The van der Waals surface area contributed by atoms with Crippen molar-refractivity contribution in [1.29, 1.82) is 0 Å². The molecule has 111 valence electrons. The van der Waals surface area contributed by atoms with Gasteiger partial charge in [0, 0.05) is 17.1 Å². The molecule has 0 amide bonds. The molecule has 0 rings (SSSR count). The van der Waals surface area contributed by atoms with Crippen LogP contribution in [-0.4, -0.2) is 0 Å². The minimum Gasteiger partial charge on any atom is -0.343 e. The number of rotatable bonds is 4. The molecule has 0 spiro atoms. The zero-order chi connectivity index (χ0) is 13.7. The molecular formula is C16H36Mn-4. The average molecular weight is 283 g/mol. The van der Waals surface area contributed by atoms with Crippen molar-refractivity contribution in [2.45, 2.75) is 79.1 Å². The van der Waals surface area contributed by atoms with Crippen LogP contribution >= 0.6 is 0 Å². The first-order valence-corrected chi connectivity index (χ1v) is 6.83. The van der Waals surface area contributed by atoms with Crippen LogP contribution in [0.5, 0.6) is 0 Å². The van der Waals surface area contributed by atoms with Crippen LogP contribution in [0.15, 0.2) is 0 Å². The molecule has 0 heterocycles. The van der Waals surface area contributed by atoms with Gasteiger partial charge in [-0.1, -0.05) is 53.4 Å². The summed E-state index contributed by atoms with van der Waals surface area (Å²) in [4.78, 5) is 0. The Kier molecular flexibility index (Phi) is 98.4. The number of hydrogen-bond donors (Lipinski definition) is 0. The predicted molar refractivity (Wildman–Crippen MR) is 81.1 cm³/mol. The van der Waals surface area contributed by atoms with E-state index in [1.807, 2.05) is 0 Å². The molecule has 0 saturated carbocycles. The fraction of sp³-hybridized carbons (Fsp3) is 0.750. The molecule has 0 bridgehead atoms. The van der Waals surface area contributed by atoms with Crippen molar-refractivity contribution in [1.82, 2.24) is 0 Å². The van der Waals surface area contributed by atoms with Crippen LogP contribution < -0.4 is 0 Å². The van der Waals surface area contributed by atoms with E-state index >= 15 is 0 Å². The van der Waals surface area contributed by atoms with Gasteiger partial charge in [-0.2, -0.15) is 25.7 Å². The largest absolute Gasteiger partial charge is 0.343 e. The summed E-state index contributed by atoms with van der Waals surface area (Å²) in [5.41, 5.74) is 0. The third kappa shape index (κ3) is 170. The van der Waals surface area contributed by atoms with Gasteiger partial charge in [-0.3, -0.25) is 0 Å². The first-order valence-electron chi connectivity index (χ1n) is 6.83. The molecule has 0 fully saturated rings. The van der Waals surface area contributed by atoms with Crippen LogP contribution in [0.1, 0.15) is 79.1 Å². The molecule has 0 aromatic heterocycles. The van der Waals surface area contributed by atoms with Crippen molar-refractivity contribution in [2.75, 3.05) is 0 Å². The summed E-state index contributed by atoms with van der Waals surface area (Å²) in [7, 11) is 0. The summed E-state index contributed by atoms with van der Waals surface area (Å²) >= 11 is 0. The molecule has 0 saturated heterocycles. The van der Waals surface area contributed by atoms with Gasteiger partial charge in [0.25, 0.3) is 0 Å². The van der Waals surface area contributed by atoms with E-state index in [-0.39, 0.29) is 17.1 Å². The Morgan fingerprint density at radius 1 is 0.471 bits per heavy atom. The quantitative estimate of drug-likeness (QED) is 0.409. The Morgan fingerprint density at radius 3 is 0.529 bits per heavy atom. The van der Waals surface area contributed by atoms with E-state index in [4.69, 9.17) is 0 Å². The third-order valence-electron chi connectivity index (χ3n) is 1.41. The summed E-state index contributed by atoms with van der Waals surface area (Å²) < 4.78 is 0. The van der Waals surface area contributed by atoms with E-state index in [1.54, 1.807) is 0 Å². The topological polar surface area (TPSA) is 0 Å². The second-order valence-corrected chi connectivity index (χ2v) is 3.41. The molecule has 0 aromatic carbocycles. The maximum Gasteiger partial charge on any atom is 0 e. The van der Waals surface area contributed by atoms with Crippen LogP contribution in [0.4, 0.5) is 0 Å². The van der Waals surface area contributed by atoms with Crippen LogP contribution in [0.3, 0.4) is 0 Å². The summed E-state index contributed by atoms with van der Waals surface area (Å²) in [6.45, 7) is 22.9. The van der Waals surface area contributed by atoms with Crippen LogP contribution in [-0.2, 0) is 17.1 Å². The average Bonchev–Trinajstić information content (AvgIpc) is 2.39. The van der Waals surface area contributed by atoms with E-state index in [1.165, 1.54) is 25.7 Å². The normalized spacial score (nSPS) is 7.06. The van der Waals surface area contributed by atoms with Gasteiger partial charge in [0.15, 0.2) is 0 Å². The van der Waals surface area contributed by atoms with Gasteiger partial charge in [0.05, 0.1) is 0 Å². The van der Waals surface area contributed by atoms with Crippen molar-refractivity contribution in [3.63, 3.8) is 0 Å². The molecular weight excluding hydrogens is 247 g/mol. The van der Waals surface area contributed by atoms with Gasteiger partial charge in [-0.25, -0.2) is 0 Å². The second kappa shape index (κ2) is 54.8. The maximum absolute atomic E-state index is 3.60. The Morgan fingerprint density at radius 2 is 0.529 bits per heavy atom. The number of hydrogen-bond acceptors (Lipinski definition) is 0. The molecule has 1 heteroatoms. The van der Waals surface area contributed by atoms with Gasteiger partial charge >= 0.3 is 0 Å². The summed E-state index contributed by atoms with van der Waals surface area (Å²) in [6.07, 6.45) is 9.11. The first-order chi connectivity index (χ1) is 7.66. The first kappa shape index (κ1) is 30.5. The van der Waals surface area contributed by atoms with E-state index in [9.17, 15) is 0 Å². The Bertz CT molecular complexity index is 29.5. The van der Waals surface area contributed by atoms with E-state index < -0.39 is 0 Å². The number of unbranched alkanes of at least 4 members (excludes halogenated alkanes) is 4. The van der Waals surface area contributed by atoms with Crippen LogP contribution in [0.25, 0.3) is 0 Å². The third-order valence-corrected chi connectivity index (χ3v) is 1.41. The van der Waals surface area contributed by atoms with Crippen LogP contribution in [0.2, 0.25) is 0 Å². The van der Waals surface area contributed by atoms with E-state index in [0.717, 1.165) is 25.7 Å². The summed E-state index contributed by atoms with van der Waals surface area (Å²) in [6, 6.07) is 0. The minimum atomic E-state index is 0. The van der Waals surface area contributed by atoms with Gasteiger partial charge < -0.3 is 27.7 Å². The standard InChI is InChI=1S/4C4H9.Mn/c4*1-3-4-2;/h4*1,3-4H2,2H3;/q4*-1;. The van der Waals surface area contributed by atoms with Crippen molar-refractivity contribution in [3.8, 4) is 0 Å². The van der Waals surface area contributed by atoms with E-state index in [2.05, 4.69) is 55.4 Å². The molecule has 0 aliphatic carbocycles. The molecule has 0 nitrogen and oxygen atoms in total. The SMILES string of the molecule is [CH2-]CCC.[CH2-]CCC.[CH2-]CCC.[CH2-]CCC.[Mn]. The fourth-order valence-corrected chi connectivity index (χ4v) is 0. The molecule has 0 N–H and O–H groups in total.